The monoisotopic (exact) mass is 329 g/mol. The quantitative estimate of drug-likeness (QED) is 0.480. The molecular formula is C18H19NO5. The number of benzene rings is 2. The Kier molecular flexibility index (Phi) is 6.19. The largest absolute Gasteiger partial charge is 0.508 e. The summed E-state index contributed by atoms with van der Waals surface area (Å²) in [6.07, 6.45) is 0. The molecule has 0 unspecified atom stereocenters. The fraction of sp³-hybridized carbons (Fsp3) is 0.222. The maximum absolute atomic E-state index is 11.4. The lowest BCUT2D eigenvalue weighted by Crippen LogP contribution is -2.12. The molecular weight excluding hydrogens is 310 g/mol. The summed E-state index contributed by atoms with van der Waals surface area (Å²) in [4.78, 5) is 16.5. The van der Waals surface area contributed by atoms with Crippen LogP contribution in [0.2, 0.25) is 0 Å². The highest BCUT2D eigenvalue weighted by molar-refractivity contribution is 6.14. The van der Waals surface area contributed by atoms with Crippen molar-refractivity contribution in [3.63, 3.8) is 0 Å². The lowest BCUT2D eigenvalue weighted by Gasteiger charge is -2.11. The Morgan fingerprint density at radius 1 is 1.12 bits per heavy atom. The minimum atomic E-state index is -0.494. The summed E-state index contributed by atoms with van der Waals surface area (Å²) in [7, 11) is 1.56. The average molecular weight is 329 g/mol. The van der Waals surface area contributed by atoms with Crippen LogP contribution in [0.15, 0.2) is 53.7 Å². The Hall–Kier alpha value is -3.02. The summed E-state index contributed by atoms with van der Waals surface area (Å²) in [6, 6.07) is 13.8. The fourth-order valence-electron chi connectivity index (χ4n) is 2.07. The lowest BCUT2D eigenvalue weighted by molar-refractivity contribution is -0.148. The highest BCUT2D eigenvalue weighted by Crippen LogP contribution is 2.23. The van der Waals surface area contributed by atoms with Crippen molar-refractivity contribution in [3.05, 3.63) is 59.7 Å². The van der Waals surface area contributed by atoms with Crippen LogP contribution < -0.4 is 4.74 Å². The van der Waals surface area contributed by atoms with Gasteiger partial charge in [-0.2, -0.15) is 0 Å². The predicted molar refractivity (Wildman–Crippen MR) is 89.3 cm³/mol. The molecule has 0 saturated heterocycles. The Bertz CT molecular complexity index is 710. The number of hydrogen-bond acceptors (Lipinski definition) is 6. The number of oxime groups is 1. The molecule has 0 aliphatic carbocycles. The van der Waals surface area contributed by atoms with E-state index in [4.69, 9.17) is 14.3 Å². The molecule has 2 aromatic rings. The van der Waals surface area contributed by atoms with E-state index in [9.17, 15) is 9.90 Å². The zero-order chi connectivity index (χ0) is 17.4. The van der Waals surface area contributed by atoms with E-state index in [2.05, 4.69) is 5.16 Å². The third-order valence-electron chi connectivity index (χ3n) is 3.15. The first-order chi connectivity index (χ1) is 11.7. The van der Waals surface area contributed by atoms with Gasteiger partial charge in [0.25, 0.3) is 0 Å². The predicted octanol–water partition coefficient (Wildman–Crippen LogP) is 2.73. The van der Waals surface area contributed by atoms with Crippen molar-refractivity contribution in [1.82, 2.24) is 0 Å². The number of phenolic OH excluding ortho intramolecular Hbond substituents is 1. The molecule has 0 radical (unpaired) electrons. The number of carbonyl (C=O) groups excluding carboxylic acids is 1. The Balaban J connectivity index is 2.34. The first-order valence-corrected chi connectivity index (χ1v) is 7.44. The highest BCUT2D eigenvalue weighted by Gasteiger charge is 2.14. The second kappa shape index (κ2) is 8.57. The first-order valence-electron chi connectivity index (χ1n) is 7.44. The second-order valence-corrected chi connectivity index (χ2v) is 4.77. The van der Waals surface area contributed by atoms with Gasteiger partial charge < -0.3 is 19.4 Å². The number of phenols is 1. The van der Waals surface area contributed by atoms with E-state index in [-0.39, 0.29) is 19.0 Å². The number of rotatable bonds is 7. The molecule has 0 amide bonds. The van der Waals surface area contributed by atoms with Gasteiger partial charge in [0.05, 0.1) is 13.7 Å². The Morgan fingerprint density at radius 3 is 2.50 bits per heavy atom. The molecule has 0 saturated carbocycles. The summed E-state index contributed by atoms with van der Waals surface area (Å²) >= 11 is 0. The summed E-state index contributed by atoms with van der Waals surface area (Å²) in [6.45, 7) is 1.71. The van der Waals surface area contributed by atoms with E-state index in [1.165, 1.54) is 0 Å². The minimum absolute atomic E-state index is 0.144. The van der Waals surface area contributed by atoms with Gasteiger partial charge in [0.1, 0.15) is 17.2 Å². The maximum atomic E-state index is 11.4. The van der Waals surface area contributed by atoms with Crippen LogP contribution >= 0.6 is 0 Å². The zero-order valence-electron chi connectivity index (χ0n) is 13.6. The number of carbonyl (C=O) groups is 1. The third kappa shape index (κ3) is 4.49. The molecule has 6 heteroatoms. The maximum Gasteiger partial charge on any atom is 0.347 e. The third-order valence-corrected chi connectivity index (χ3v) is 3.15. The molecule has 2 aromatic carbocycles. The fourth-order valence-corrected chi connectivity index (χ4v) is 2.07. The van der Waals surface area contributed by atoms with E-state index < -0.39 is 5.97 Å². The molecule has 1 N–H and O–H groups in total. The molecule has 0 aromatic heterocycles. The van der Waals surface area contributed by atoms with E-state index in [1.807, 2.05) is 18.2 Å². The summed E-state index contributed by atoms with van der Waals surface area (Å²) in [5, 5.41) is 13.5. The first kappa shape index (κ1) is 17.3. The number of aromatic hydroxyl groups is 1. The summed E-state index contributed by atoms with van der Waals surface area (Å²) in [5.41, 5.74) is 1.90. The van der Waals surface area contributed by atoms with Crippen LogP contribution in [0.4, 0.5) is 0 Å². The molecule has 24 heavy (non-hydrogen) atoms. The normalized spacial score (nSPS) is 11.0. The van der Waals surface area contributed by atoms with Crippen LogP contribution in [-0.4, -0.2) is 37.1 Å². The smallest absolute Gasteiger partial charge is 0.347 e. The summed E-state index contributed by atoms with van der Waals surface area (Å²) < 4.78 is 10.2. The SMILES string of the molecule is CCOC(=O)CON=C(c1ccc(O)cc1)c1ccccc1OC. The van der Waals surface area contributed by atoms with E-state index in [1.54, 1.807) is 44.4 Å². The average Bonchev–Trinajstić information content (AvgIpc) is 2.60. The van der Waals surface area contributed by atoms with Crippen LogP contribution in [-0.2, 0) is 14.4 Å². The van der Waals surface area contributed by atoms with Gasteiger partial charge in [-0.1, -0.05) is 17.3 Å². The molecule has 0 aliphatic rings. The van der Waals surface area contributed by atoms with Crippen LogP contribution in [0.1, 0.15) is 18.1 Å². The van der Waals surface area contributed by atoms with E-state index in [0.717, 1.165) is 0 Å². The molecule has 0 heterocycles. The van der Waals surface area contributed by atoms with Crippen molar-refractivity contribution in [2.24, 2.45) is 5.16 Å². The topological polar surface area (TPSA) is 77.4 Å². The molecule has 0 atom stereocenters. The Labute approximate surface area is 140 Å². The van der Waals surface area contributed by atoms with Crippen LogP contribution in [0, 0.1) is 0 Å². The minimum Gasteiger partial charge on any atom is -0.508 e. The molecule has 0 fully saturated rings. The molecule has 0 bridgehead atoms. The van der Waals surface area contributed by atoms with Crippen molar-refractivity contribution in [2.45, 2.75) is 6.92 Å². The van der Waals surface area contributed by atoms with Crippen molar-refractivity contribution in [2.75, 3.05) is 20.3 Å². The molecule has 0 aliphatic heterocycles. The molecule has 0 spiro atoms. The van der Waals surface area contributed by atoms with Gasteiger partial charge >= 0.3 is 5.97 Å². The van der Waals surface area contributed by atoms with Crippen molar-refractivity contribution < 1.29 is 24.2 Å². The number of methoxy groups -OCH3 is 1. The number of hydrogen-bond donors (Lipinski definition) is 1. The Morgan fingerprint density at radius 2 is 1.83 bits per heavy atom. The van der Waals surface area contributed by atoms with Gasteiger partial charge in [0.15, 0.2) is 0 Å². The van der Waals surface area contributed by atoms with Crippen molar-refractivity contribution in [1.29, 1.82) is 0 Å². The van der Waals surface area contributed by atoms with Gasteiger partial charge in [-0.15, -0.1) is 0 Å². The lowest BCUT2D eigenvalue weighted by atomic mass is 10.0. The van der Waals surface area contributed by atoms with Crippen LogP contribution in [0.3, 0.4) is 0 Å². The number of ether oxygens (including phenoxy) is 2. The molecule has 126 valence electrons. The standard InChI is InChI=1S/C18H19NO5/c1-3-23-17(21)12-24-19-18(13-8-10-14(20)11-9-13)15-6-4-5-7-16(15)22-2/h4-11,20H,3,12H2,1-2H3. The molecule has 2 rings (SSSR count). The van der Waals surface area contributed by atoms with Gasteiger partial charge in [0, 0.05) is 11.1 Å². The number of nitrogens with zero attached hydrogens (tertiary/aromatic N) is 1. The van der Waals surface area contributed by atoms with Gasteiger partial charge in [-0.3, -0.25) is 0 Å². The second-order valence-electron chi connectivity index (χ2n) is 4.77. The zero-order valence-corrected chi connectivity index (χ0v) is 13.6. The summed E-state index contributed by atoms with van der Waals surface area (Å²) in [5.74, 6) is 0.265. The van der Waals surface area contributed by atoms with Gasteiger partial charge in [-0.05, 0) is 43.3 Å². The van der Waals surface area contributed by atoms with E-state index >= 15 is 0 Å². The van der Waals surface area contributed by atoms with Gasteiger partial charge in [0.2, 0.25) is 6.61 Å². The van der Waals surface area contributed by atoms with Crippen LogP contribution in [0.5, 0.6) is 11.5 Å². The van der Waals surface area contributed by atoms with Crippen molar-refractivity contribution >= 4 is 11.7 Å². The highest BCUT2D eigenvalue weighted by atomic mass is 16.7. The van der Waals surface area contributed by atoms with E-state index in [0.29, 0.717) is 22.6 Å². The van der Waals surface area contributed by atoms with Gasteiger partial charge in [-0.25, -0.2) is 4.79 Å². The van der Waals surface area contributed by atoms with Crippen molar-refractivity contribution in [3.8, 4) is 11.5 Å². The number of para-hydroxylation sites is 1. The number of esters is 1. The molecule has 6 nitrogen and oxygen atoms in total. The van der Waals surface area contributed by atoms with Crippen LogP contribution in [0.25, 0.3) is 0 Å².